The van der Waals surface area contributed by atoms with Gasteiger partial charge in [0.1, 0.15) is 22.3 Å². The first-order valence-corrected chi connectivity index (χ1v) is 19.8. The highest BCUT2D eigenvalue weighted by atomic mass is 16.3. The predicted octanol–water partition coefficient (Wildman–Crippen LogP) is 15.1. The van der Waals surface area contributed by atoms with E-state index >= 15 is 0 Å². The van der Waals surface area contributed by atoms with Crippen LogP contribution in [0.5, 0.6) is 0 Å². The first kappa shape index (κ1) is 33.9. The topological polar surface area (TPSA) is 31.2 Å². The van der Waals surface area contributed by atoms with Crippen molar-refractivity contribution in [3.63, 3.8) is 0 Å². The molecule has 0 bridgehead atoms. The second-order valence-corrected chi connectivity index (χ2v) is 15.3. The number of benzene rings is 7. The Hall–Kier alpha value is -6.58. The SMILES string of the molecule is CCc1ccccc1-c1ccccc1C.Cc1ccc2oc3ccc4c5cc(-n6c7ccccc7c7ccccc76)c(C6=CCC(C)C=C6)cc5oc4c3c2c1. The summed E-state index contributed by atoms with van der Waals surface area (Å²) in [4.78, 5) is 0. The van der Waals surface area contributed by atoms with Gasteiger partial charge in [-0.2, -0.15) is 0 Å². The van der Waals surface area contributed by atoms with Crippen LogP contribution in [0.15, 0.2) is 167 Å². The van der Waals surface area contributed by atoms with Crippen LogP contribution in [-0.2, 0) is 6.42 Å². The number of para-hydroxylation sites is 2. The van der Waals surface area contributed by atoms with E-state index in [0.29, 0.717) is 5.92 Å². The summed E-state index contributed by atoms with van der Waals surface area (Å²) in [5.41, 5.74) is 16.2. The van der Waals surface area contributed by atoms with Crippen molar-refractivity contribution in [1.29, 1.82) is 0 Å². The van der Waals surface area contributed by atoms with E-state index in [1.807, 2.05) is 0 Å². The van der Waals surface area contributed by atoms with Crippen LogP contribution in [0.25, 0.3) is 88.1 Å². The van der Waals surface area contributed by atoms with Crippen LogP contribution in [0, 0.1) is 19.8 Å². The molecule has 1 aliphatic carbocycles. The highest BCUT2D eigenvalue weighted by Crippen LogP contribution is 2.43. The molecule has 3 aromatic heterocycles. The van der Waals surface area contributed by atoms with Crippen molar-refractivity contribution < 1.29 is 8.83 Å². The summed E-state index contributed by atoms with van der Waals surface area (Å²) in [6, 6.07) is 49.8. The molecule has 1 atom stereocenters. The van der Waals surface area contributed by atoms with Crippen molar-refractivity contribution in [2.24, 2.45) is 5.92 Å². The summed E-state index contributed by atoms with van der Waals surface area (Å²) >= 11 is 0. The lowest BCUT2D eigenvalue weighted by Crippen LogP contribution is -2.01. The second kappa shape index (κ2) is 13.6. The highest BCUT2D eigenvalue weighted by molar-refractivity contribution is 6.22. The van der Waals surface area contributed by atoms with E-state index in [1.165, 1.54) is 60.8 Å². The maximum Gasteiger partial charge on any atom is 0.147 e. The van der Waals surface area contributed by atoms with Crippen molar-refractivity contribution in [3.8, 4) is 16.8 Å². The van der Waals surface area contributed by atoms with E-state index in [4.69, 9.17) is 8.83 Å². The maximum absolute atomic E-state index is 6.75. The lowest BCUT2D eigenvalue weighted by molar-refractivity contribution is 0.662. The lowest BCUT2D eigenvalue weighted by atomic mass is 9.92. The first-order chi connectivity index (χ1) is 27.5. The summed E-state index contributed by atoms with van der Waals surface area (Å²) in [6.45, 7) is 8.76. The number of nitrogens with zero attached hydrogens (tertiary/aromatic N) is 1. The van der Waals surface area contributed by atoms with Crippen LogP contribution >= 0.6 is 0 Å². The number of rotatable bonds is 4. The van der Waals surface area contributed by atoms with Gasteiger partial charge in [-0.05, 0) is 109 Å². The van der Waals surface area contributed by atoms with E-state index in [2.05, 4.69) is 190 Å². The van der Waals surface area contributed by atoms with Crippen LogP contribution in [-0.4, -0.2) is 4.57 Å². The normalized spacial score (nSPS) is 14.3. The van der Waals surface area contributed by atoms with E-state index in [0.717, 1.165) is 62.4 Å². The molecule has 56 heavy (non-hydrogen) atoms. The lowest BCUT2D eigenvalue weighted by Gasteiger charge is -2.18. The third kappa shape index (κ3) is 5.57. The smallest absolute Gasteiger partial charge is 0.147 e. The molecule has 10 aromatic rings. The van der Waals surface area contributed by atoms with Crippen LogP contribution in [0.2, 0.25) is 0 Å². The Kier molecular flexibility index (Phi) is 8.26. The molecule has 0 aliphatic heterocycles. The van der Waals surface area contributed by atoms with Gasteiger partial charge in [-0.1, -0.05) is 129 Å². The number of fused-ring (bicyclic) bond motifs is 10. The zero-order valence-electron chi connectivity index (χ0n) is 32.3. The molecular weight excluding hydrogens is 683 g/mol. The summed E-state index contributed by atoms with van der Waals surface area (Å²) in [5.74, 6) is 0.538. The molecule has 1 aliphatic rings. The fourth-order valence-electron chi connectivity index (χ4n) is 8.73. The van der Waals surface area contributed by atoms with Crippen molar-refractivity contribution in [3.05, 3.63) is 180 Å². The Morgan fingerprint density at radius 3 is 2.02 bits per heavy atom. The monoisotopic (exact) mass is 725 g/mol. The average Bonchev–Trinajstić information content (AvgIpc) is 3.90. The largest absolute Gasteiger partial charge is 0.456 e. The molecule has 3 heteroatoms. The minimum absolute atomic E-state index is 0.538. The van der Waals surface area contributed by atoms with E-state index in [1.54, 1.807) is 0 Å². The van der Waals surface area contributed by atoms with Crippen molar-refractivity contribution >= 4 is 71.3 Å². The highest BCUT2D eigenvalue weighted by Gasteiger charge is 2.22. The predicted molar refractivity (Wildman–Crippen MR) is 237 cm³/mol. The third-order valence-electron chi connectivity index (χ3n) is 11.6. The summed E-state index contributed by atoms with van der Waals surface area (Å²) in [5, 5.41) is 6.87. The van der Waals surface area contributed by atoms with Crippen molar-refractivity contribution in [2.45, 2.75) is 40.5 Å². The summed E-state index contributed by atoms with van der Waals surface area (Å²) < 4.78 is 15.4. The van der Waals surface area contributed by atoms with Crippen molar-refractivity contribution in [1.82, 2.24) is 4.57 Å². The molecule has 7 aromatic carbocycles. The minimum Gasteiger partial charge on any atom is -0.456 e. The molecular formula is C53H43NO2. The molecule has 272 valence electrons. The van der Waals surface area contributed by atoms with Gasteiger partial charge >= 0.3 is 0 Å². The molecule has 3 heterocycles. The molecule has 0 N–H and O–H groups in total. The van der Waals surface area contributed by atoms with Gasteiger partial charge in [0.25, 0.3) is 0 Å². The summed E-state index contributed by atoms with van der Waals surface area (Å²) in [6.07, 6.45) is 9.08. The number of furan rings is 2. The Balaban J connectivity index is 0.000000216. The minimum atomic E-state index is 0.538. The number of aromatic nitrogens is 1. The number of allylic oxidation sites excluding steroid dienone is 4. The number of hydrogen-bond donors (Lipinski definition) is 0. The third-order valence-corrected chi connectivity index (χ3v) is 11.6. The fraction of sp³-hybridized carbons (Fsp3) is 0.132. The molecule has 3 nitrogen and oxygen atoms in total. The standard InChI is InChI=1S/C38H27NO2.C15H16/c1-22-11-14-24(15-12-22)28-21-36-29(20-33(28)39-31-9-5-3-7-25(31)26-8-4-6-10-32(26)39)27-16-18-35-37(38(27)41-36)30-19-23(2)13-17-34(30)40-35;1-3-13-9-5-7-11-15(13)14-10-6-4-8-12(14)2/h3-11,13-22H,12H2,1-2H3;4-11H,3H2,1-2H3. The Labute approximate surface area is 326 Å². The van der Waals surface area contributed by atoms with E-state index in [9.17, 15) is 0 Å². The molecule has 0 spiro atoms. The van der Waals surface area contributed by atoms with Gasteiger partial charge in [-0.3, -0.25) is 0 Å². The van der Waals surface area contributed by atoms with E-state index < -0.39 is 0 Å². The van der Waals surface area contributed by atoms with Crippen LogP contribution < -0.4 is 0 Å². The van der Waals surface area contributed by atoms with Gasteiger partial charge in [-0.15, -0.1) is 0 Å². The number of aryl methyl sites for hydroxylation is 3. The molecule has 0 fully saturated rings. The Morgan fingerprint density at radius 2 is 1.29 bits per heavy atom. The second-order valence-electron chi connectivity index (χ2n) is 15.3. The average molecular weight is 726 g/mol. The molecule has 0 radical (unpaired) electrons. The summed E-state index contributed by atoms with van der Waals surface area (Å²) in [7, 11) is 0. The van der Waals surface area contributed by atoms with Crippen LogP contribution in [0.1, 0.15) is 42.5 Å². The van der Waals surface area contributed by atoms with Crippen LogP contribution in [0.4, 0.5) is 0 Å². The van der Waals surface area contributed by atoms with E-state index in [-0.39, 0.29) is 0 Å². The molecule has 0 amide bonds. The number of hydrogen-bond acceptors (Lipinski definition) is 2. The maximum atomic E-state index is 6.75. The van der Waals surface area contributed by atoms with Gasteiger partial charge in [-0.25, -0.2) is 0 Å². The van der Waals surface area contributed by atoms with Crippen molar-refractivity contribution in [2.75, 3.05) is 0 Å². The molecule has 0 saturated heterocycles. The van der Waals surface area contributed by atoms with Gasteiger partial charge in [0, 0.05) is 32.5 Å². The first-order valence-electron chi connectivity index (χ1n) is 19.8. The Bertz CT molecular complexity index is 3140. The van der Waals surface area contributed by atoms with Gasteiger partial charge < -0.3 is 13.4 Å². The van der Waals surface area contributed by atoms with Gasteiger partial charge in [0.15, 0.2) is 0 Å². The quantitative estimate of drug-likeness (QED) is 0.181. The van der Waals surface area contributed by atoms with Gasteiger partial charge in [0.2, 0.25) is 0 Å². The van der Waals surface area contributed by atoms with Gasteiger partial charge in [0.05, 0.1) is 22.1 Å². The zero-order valence-corrected chi connectivity index (χ0v) is 32.3. The molecule has 11 rings (SSSR count). The van der Waals surface area contributed by atoms with Crippen LogP contribution in [0.3, 0.4) is 0 Å². The molecule has 1 unspecified atom stereocenters. The molecule has 0 saturated carbocycles. The zero-order chi connectivity index (χ0) is 37.9. The Morgan fingerprint density at radius 1 is 0.589 bits per heavy atom. The fourth-order valence-corrected chi connectivity index (χ4v) is 8.73.